The Balaban J connectivity index is 0.000001000. The summed E-state index contributed by atoms with van der Waals surface area (Å²) in [6.07, 6.45) is 7.77. The lowest BCUT2D eigenvalue weighted by Gasteiger charge is -2.19. The van der Waals surface area contributed by atoms with Gasteiger partial charge in [0, 0.05) is 18.6 Å². The second kappa shape index (κ2) is 8.89. The number of rotatable bonds is 3. The SMILES string of the molecule is Cl.Cl.c1ccc2c(c1)CCC(NC[C@@H]1CCCN1)CC2. The molecule has 1 atom stereocenters. The number of aryl methyl sites for hydroxylation is 2. The summed E-state index contributed by atoms with van der Waals surface area (Å²) in [6, 6.07) is 10.4. The third kappa shape index (κ3) is 4.63. The standard InChI is InChI=1S/C16H24N2.2ClH/c1-2-5-14-8-10-15(9-7-13(14)4-1)18-12-16-6-3-11-17-16;;/h1-2,4-5,15-18H,3,6-12H2;2*1H/t16-;;/m0../s1. The molecule has 1 aliphatic heterocycles. The Kier molecular flexibility index (Phi) is 7.90. The minimum Gasteiger partial charge on any atom is -0.313 e. The molecule has 1 aromatic rings. The monoisotopic (exact) mass is 316 g/mol. The van der Waals surface area contributed by atoms with Crippen LogP contribution in [0.5, 0.6) is 0 Å². The number of benzene rings is 1. The molecule has 2 nitrogen and oxygen atoms in total. The quantitative estimate of drug-likeness (QED) is 0.837. The van der Waals surface area contributed by atoms with Crippen LogP contribution < -0.4 is 10.6 Å². The van der Waals surface area contributed by atoms with Crippen molar-refractivity contribution in [3.63, 3.8) is 0 Å². The third-order valence-corrected chi connectivity index (χ3v) is 4.46. The molecule has 4 heteroatoms. The highest BCUT2D eigenvalue weighted by atomic mass is 35.5. The molecule has 0 amide bonds. The van der Waals surface area contributed by atoms with Gasteiger partial charge >= 0.3 is 0 Å². The van der Waals surface area contributed by atoms with Crippen molar-refractivity contribution >= 4 is 24.8 Å². The second-order valence-electron chi connectivity index (χ2n) is 5.74. The van der Waals surface area contributed by atoms with Crippen molar-refractivity contribution in [3.05, 3.63) is 35.4 Å². The van der Waals surface area contributed by atoms with Crippen molar-refractivity contribution in [3.8, 4) is 0 Å². The van der Waals surface area contributed by atoms with Crippen molar-refractivity contribution < 1.29 is 0 Å². The van der Waals surface area contributed by atoms with Gasteiger partial charge in [0.15, 0.2) is 0 Å². The molecule has 2 aliphatic rings. The first-order valence-corrected chi connectivity index (χ1v) is 7.45. The summed E-state index contributed by atoms with van der Waals surface area (Å²) in [4.78, 5) is 0. The van der Waals surface area contributed by atoms with Gasteiger partial charge in [-0.25, -0.2) is 0 Å². The van der Waals surface area contributed by atoms with Gasteiger partial charge in [-0.05, 0) is 56.2 Å². The summed E-state index contributed by atoms with van der Waals surface area (Å²) < 4.78 is 0. The Labute approximate surface area is 134 Å². The first kappa shape index (κ1) is 17.8. The smallest absolute Gasteiger partial charge is 0.0193 e. The molecule has 1 aliphatic carbocycles. The Morgan fingerprint density at radius 1 is 1.00 bits per heavy atom. The molecule has 0 spiro atoms. The zero-order chi connectivity index (χ0) is 12.2. The Bertz CT molecular complexity index is 365. The topological polar surface area (TPSA) is 24.1 Å². The molecule has 3 rings (SSSR count). The van der Waals surface area contributed by atoms with Crippen LogP contribution in [0.3, 0.4) is 0 Å². The zero-order valence-corrected chi connectivity index (χ0v) is 13.6. The highest BCUT2D eigenvalue weighted by Crippen LogP contribution is 2.20. The van der Waals surface area contributed by atoms with Crippen LogP contribution in [0.4, 0.5) is 0 Å². The number of hydrogen-bond acceptors (Lipinski definition) is 2. The van der Waals surface area contributed by atoms with E-state index in [9.17, 15) is 0 Å². The minimum atomic E-state index is 0. The van der Waals surface area contributed by atoms with Crippen molar-refractivity contribution in [1.82, 2.24) is 10.6 Å². The van der Waals surface area contributed by atoms with Gasteiger partial charge in [0.05, 0.1) is 0 Å². The lowest BCUT2D eigenvalue weighted by Crippen LogP contribution is -2.39. The first-order valence-electron chi connectivity index (χ1n) is 7.45. The van der Waals surface area contributed by atoms with Gasteiger partial charge in [-0.1, -0.05) is 24.3 Å². The second-order valence-corrected chi connectivity index (χ2v) is 5.74. The van der Waals surface area contributed by atoms with Crippen LogP contribution in [-0.4, -0.2) is 25.2 Å². The van der Waals surface area contributed by atoms with E-state index >= 15 is 0 Å². The van der Waals surface area contributed by atoms with Crippen molar-refractivity contribution in [1.29, 1.82) is 0 Å². The molecular weight excluding hydrogens is 291 g/mol. The Morgan fingerprint density at radius 2 is 1.65 bits per heavy atom. The largest absolute Gasteiger partial charge is 0.313 e. The molecule has 0 aromatic heterocycles. The molecule has 20 heavy (non-hydrogen) atoms. The average Bonchev–Trinajstić information content (AvgIpc) is 2.84. The molecule has 0 unspecified atom stereocenters. The fourth-order valence-electron chi connectivity index (χ4n) is 3.29. The maximum atomic E-state index is 3.78. The van der Waals surface area contributed by atoms with Gasteiger partial charge in [0.25, 0.3) is 0 Å². The van der Waals surface area contributed by atoms with Crippen LogP contribution in [-0.2, 0) is 12.8 Å². The van der Waals surface area contributed by atoms with E-state index in [4.69, 9.17) is 0 Å². The molecule has 0 bridgehead atoms. The highest BCUT2D eigenvalue weighted by Gasteiger charge is 2.18. The number of nitrogens with one attached hydrogen (secondary N) is 2. The average molecular weight is 317 g/mol. The van der Waals surface area contributed by atoms with E-state index in [0.717, 1.165) is 12.6 Å². The lowest BCUT2D eigenvalue weighted by molar-refractivity contribution is 0.428. The molecule has 114 valence electrons. The van der Waals surface area contributed by atoms with Crippen LogP contribution in [0, 0.1) is 0 Å². The van der Waals surface area contributed by atoms with E-state index in [0.29, 0.717) is 6.04 Å². The Hall–Kier alpha value is -0.280. The predicted molar refractivity (Wildman–Crippen MR) is 90.4 cm³/mol. The van der Waals surface area contributed by atoms with Gasteiger partial charge in [-0.15, -0.1) is 24.8 Å². The van der Waals surface area contributed by atoms with Gasteiger partial charge in [0.1, 0.15) is 0 Å². The summed E-state index contributed by atoms with van der Waals surface area (Å²) in [5, 5.41) is 7.34. The summed E-state index contributed by atoms with van der Waals surface area (Å²) >= 11 is 0. The fourth-order valence-corrected chi connectivity index (χ4v) is 3.29. The summed E-state index contributed by atoms with van der Waals surface area (Å²) in [5.74, 6) is 0. The van der Waals surface area contributed by atoms with Gasteiger partial charge in [-0.3, -0.25) is 0 Å². The van der Waals surface area contributed by atoms with Crippen LogP contribution >= 0.6 is 24.8 Å². The summed E-state index contributed by atoms with van der Waals surface area (Å²) in [5.41, 5.74) is 3.14. The normalized spacial score (nSPS) is 22.3. The molecule has 1 saturated heterocycles. The fraction of sp³-hybridized carbons (Fsp3) is 0.625. The van der Waals surface area contributed by atoms with Crippen molar-refractivity contribution in [2.24, 2.45) is 0 Å². The van der Waals surface area contributed by atoms with E-state index in [1.54, 1.807) is 11.1 Å². The van der Waals surface area contributed by atoms with Gasteiger partial charge in [-0.2, -0.15) is 0 Å². The molecular formula is C16H26Cl2N2. The van der Waals surface area contributed by atoms with E-state index in [-0.39, 0.29) is 24.8 Å². The van der Waals surface area contributed by atoms with Crippen molar-refractivity contribution in [2.45, 2.75) is 50.6 Å². The summed E-state index contributed by atoms with van der Waals surface area (Å²) in [6.45, 7) is 2.36. The maximum Gasteiger partial charge on any atom is 0.0193 e. The van der Waals surface area contributed by atoms with E-state index in [1.807, 2.05) is 0 Å². The maximum absolute atomic E-state index is 3.78. The van der Waals surface area contributed by atoms with Crippen molar-refractivity contribution in [2.75, 3.05) is 13.1 Å². The van der Waals surface area contributed by atoms with Gasteiger partial charge < -0.3 is 10.6 Å². The predicted octanol–water partition coefficient (Wildman–Crippen LogP) is 3.12. The molecule has 0 saturated carbocycles. The molecule has 1 fully saturated rings. The molecule has 1 aromatic carbocycles. The van der Waals surface area contributed by atoms with E-state index < -0.39 is 0 Å². The molecule has 0 radical (unpaired) electrons. The van der Waals surface area contributed by atoms with Crippen LogP contribution in [0.25, 0.3) is 0 Å². The molecule has 1 heterocycles. The van der Waals surface area contributed by atoms with Gasteiger partial charge in [0.2, 0.25) is 0 Å². The van der Waals surface area contributed by atoms with E-state index in [1.165, 1.54) is 45.1 Å². The zero-order valence-electron chi connectivity index (χ0n) is 11.9. The van der Waals surface area contributed by atoms with Crippen LogP contribution in [0.1, 0.15) is 36.8 Å². The molecule has 2 N–H and O–H groups in total. The van der Waals surface area contributed by atoms with E-state index in [2.05, 4.69) is 34.9 Å². The summed E-state index contributed by atoms with van der Waals surface area (Å²) in [7, 11) is 0. The number of fused-ring (bicyclic) bond motifs is 1. The third-order valence-electron chi connectivity index (χ3n) is 4.46. The number of halogens is 2. The first-order chi connectivity index (χ1) is 8.92. The Morgan fingerprint density at radius 3 is 2.20 bits per heavy atom. The number of hydrogen-bond donors (Lipinski definition) is 2. The highest BCUT2D eigenvalue weighted by molar-refractivity contribution is 5.85. The lowest BCUT2D eigenvalue weighted by atomic mass is 10.0. The van der Waals surface area contributed by atoms with Crippen LogP contribution in [0.2, 0.25) is 0 Å². The van der Waals surface area contributed by atoms with Crippen LogP contribution in [0.15, 0.2) is 24.3 Å². The minimum absolute atomic E-state index is 0.